The van der Waals surface area contributed by atoms with E-state index >= 15 is 0 Å². The van der Waals surface area contributed by atoms with Gasteiger partial charge in [0.05, 0.1) is 13.2 Å². The highest BCUT2D eigenvalue weighted by molar-refractivity contribution is 5.56. The smallest absolute Gasteiger partial charge is 0.463 e. The zero-order chi connectivity index (χ0) is 26.9. The normalized spacial score (nSPS) is 9.42. The van der Waals surface area contributed by atoms with Gasteiger partial charge in [-0.2, -0.15) is 0 Å². The highest BCUT2D eigenvalue weighted by Crippen LogP contribution is 2.20. The van der Waals surface area contributed by atoms with Gasteiger partial charge in [-0.15, -0.1) is 35.1 Å². The molecule has 16 heteroatoms. The number of nitrogen functional groups attached to an aromatic ring is 4. The van der Waals surface area contributed by atoms with Crippen LogP contribution in [0, 0.1) is 0 Å². The third kappa shape index (κ3) is 39.9. The molecule has 0 bridgehead atoms. The number of ether oxygens (including phenoxy) is 2. The first-order chi connectivity index (χ1) is 15.4. The van der Waals surface area contributed by atoms with E-state index in [1.54, 1.807) is 24.3 Å². The molecule has 0 atom stereocenters. The molecule has 0 amide bonds. The molecule has 8 N–H and O–H groups in total. The molecule has 2 aromatic carbocycles. The quantitative estimate of drug-likeness (QED) is 0.156. The lowest BCUT2D eigenvalue weighted by atomic mass is 10.2. The number of rotatable bonds is 6. The Kier molecular flexibility index (Phi) is 30.3. The Morgan fingerprint density at radius 1 is 0.579 bits per heavy atom. The zero-order valence-electron chi connectivity index (χ0n) is 17.2. The first-order valence-corrected chi connectivity index (χ1v) is 8.59. The molecule has 38 heavy (non-hydrogen) atoms. The Hall–Kier alpha value is -3.30. The largest absolute Gasteiger partial charge is 0.559 e. The van der Waals surface area contributed by atoms with Crippen molar-refractivity contribution in [1.82, 2.24) is 0 Å². The maximum absolute atomic E-state index is 11.7. The van der Waals surface area contributed by atoms with E-state index in [-0.39, 0.29) is 36.3 Å². The summed E-state index contributed by atoms with van der Waals surface area (Å²) in [5, 5.41) is 0. The molecule has 0 radical (unpaired) electrons. The minimum absolute atomic E-state index is 0. The van der Waals surface area contributed by atoms with E-state index in [0.717, 1.165) is 5.56 Å². The second kappa shape index (κ2) is 24.1. The predicted octanol–water partition coefficient (Wildman–Crippen LogP) is 7.99. The van der Waals surface area contributed by atoms with Crippen LogP contribution >= 0.6 is 0 Å². The van der Waals surface area contributed by atoms with E-state index in [1.165, 1.54) is 12.1 Å². The van der Waals surface area contributed by atoms with Crippen LogP contribution in [0.5, 0.6) is 5.75 Å². The average Bonchev–Trinajstić information content (AvgIpc) is 2.58. The summed E-state index contributed by atoms with van der Waals surface area (Å²) < 4.78 is 110. The number of nitrogens with two attached hydrogens (primary N) is 4. The zero-order valence-corrected chi connectivity index (χ0v) is 17.2. The number of halogens is 10. The van der Waals surface area contributed by atoms with Crippen LogP contribution in [0.1, 0.15) is 35.3 Å². The van der Waals surface area contributed by atoms with Crippen molar-refractivity contribution in [3.8, 4) is 5.75 Å². The lowest BCUT2D eigenvalue weighted by Gasteiger charge is -2.04. The van der Waals surface area contributed by atoms with Gasteiger partial charge in [-0.05, 0) is 29.8 Å². The molecule has 6 nitrogen and oxygen atoms in total. The van der Waals surface area contributed by atoms with Gasteiger partial charge in [0.15, 0.2) is 0 Å². The second-order valence-corrected chi connectivity index (χ2v) is 5.70. The van der Waals surface area contributed by atoms with Gasteiger partial charge in [0.25, 0.3) is 0 Å². The topological polar surface area (TPSA) is 123 Å². The van der Waals surface area contributed by atoms with Crippen LogP contribution < -0.4 is 27.7 Å². The Bertz CT molecular complexity index is 759. The number of anilines is 4. The van der Waals surface area contributed by atoms with Gasteiger partial charge in [-0.3, -0.25) is 0 Å². The van der Waals surface area contributed by atoms with Gasteiger partial charge in [0, 0.05) is 34.9 Å². The molecule has 0 saturated heterocycles. The molecule has 0 spiro atoms. The van der Waals surface area contributed by atoms with E-state index in [9.17, 15) is 43.9 Å². The summed E-state index contributed by atoms with van der Waals surface area (Å²) in [7, 11) is 0. The van der Waals surface area contributed by atoms with Crippen LogP contribution in [0.3, 0.4) is 0 Å². The third-order valence-corrected chi connectivity index (χ3v) is 2.70. The molecular formula is C22H38F10N4O2. The van der Waals surface area contributed by atoms with E-state index in [4.69, 9.17) is 27.7 Å². The minimum atomic E-state index is -5.50. The fourth-order valence-corrected chi connectivity index (χ4v) is 1.87. The van der Waals surface area contributed by atoms with Crippen LogP contribution in [0.4, 0.5) is 66.7 Å². The van der Waals surface area contributed by atoms with Crippen LogP contribution in [0.25, 0.3) is 0 Å². The summed E-state index contributed by atoms with van der Waals surface area (Å²) in [5.41, 5.74) is 24.9. The number of hydrogen-bond donors (Lipinski definition) is 4. The van der Waals surface area contributed by atoms with Crippen LogP contribution in [0.2, 0.25) is 0 Å². The fourth-order valence-electron chi connectivity index (χ4n) is 1.87. The molecule has 0 aliphatic carbocycles. The lowest BCUT2D eigenvalue weighted by Crippen LogP contribution is -1.99. The monoisotopic (exact) mass is 580 g/mol. The van der Waals surface area contributed by atoms with Gasteiger partial charge in [-0.1, -0.05) is 29.7 Å². The van der Waals surface area contributed by atoms with E-state index in [0.29, 0.717) is 35.1 Å². The minimum Gasteiger partial charge on any atom is -0.463 e. The molecule has 0 aliphatic rings. The predicted molar refractivity (Wildman–Crippen MR) is 134 cm³/mol. The van der Waals surface area contributed by atoms with Crippen molar-refractivity contribution in [2.24, 2.45) is 0 Å². The Balaban J connectivity index is -0.0000000936. The Labute approximate surface area is 216 Å². The van der Waals surface area contributed by atoms with Gasteiger partial charge >= 0.3 is 12.9 Å². The van der Waals surface area contributed by atoms with Crippen LogP contribution in [-0.4, -0.2) is 33.0 Å². The van der Waals surface area contributed by atoms with E-state index < -0.39 is 26.4 Å². The van der Waals surface area contributed by atoms with Crippen molar-refractivity contribution >= 4 is 22.7 Å². The summed E-state index contributed by atoms with van der Waals surface area (Å²) in [6, 6.07) is 9.78. The average molecular weight is 581 g/mol. The van der Waals surface area contributed by atoms with Crippen molar-refractivity contribution in [3.63, 3.8) is 0 Å². The molecule has 2 aromatic rings. The number of benzene rings is 2. The van der Waals surface area contributed by atoms with Gasteiger partial charge < -0.3 is 32.4 Å². The second-order valence-electron chi connectivity index (χ2n) is 5.70. The molecule has 0 fully saturated rings. The summed E-state index contributed by atoms with van der Waals surface area (Å²) in [5.74, 6) is 0.352. The van der Waals surface area contributed by atoms with Gasteiger partial charge in [0.1, 0.15) is 12.4 Å². The summed E-state index contributed by atoms with van der Waals surface area (Å²) in [4.78, 5) is 0. The Morgan fingerprint density at radius 3 is 1.18 bits per heavy atom. The van der Waals surface area contributed by atoms with Crippen LogP contribution in [0.15, 0.2) is 36.4 Å². The first kappa shape index (κ1) is 47.8. The highest BCUT2D eigenvalue weighted by atomic mass is 19.5. The van der Waals surface area contributed by atoms with Crippen LogP contribution in [-0.2, 0) is 11.3 Å². The first-order valence-electron chi connectivity index (χ1n) is 8.59. The Morgan fingerprint density at radius 2 is 0.895 bits per heavy atom. The fraction of sp³-hybridized carbons (Fsp3) is 0.455. The van der Waals surface area contributed by atoms with Gasteiger partial charge in [-0.25, -0.2) is 8.78 Å². The molecule has 0 unspecified atom stereocenters. The van der Waals surface area contributed by atoms with Crippen molar-refractivity contribution in [3.05, 3.63) is 42.0 Å². The molecule has 2 rings (SSSR count). The van der Waals surface area contributed by atoms with Crippen molar-refractivity contribution in [2.45, 2.75) is 49.2 Å². The molecule has 0 aromatic heterocycles. The number of alkyl halides is 10. The standard InChI is InChI=1S/C9H13FN2O.C7H9FN2O.2CF4.4CH4/c10-1-2-13-6-7-3-8(11)5-9(12)4-7;8-4-11-7-2-5(9)1-6(10)3-7;2*2-1(3,4)5;;;;/h3-5H,1-2,6,11-12H2;1-3H,4,9-10H2;;;4*1H4. The van der Waals surface area contributed by atoms with Crippen molar-refractivity contribution < 1.29 is 53.4 Å². The SMILES string of the molecule is C.C.C.C.FC(F)(F)F.FC(F)(F)F.Nc1cc(N)cc(COCCF)c1.Nc1cc(N)cc(OCF)c1. The van der Waals surface area contributed by atoms with E-state index in [1.807, 2.05) is 0 Å². The summed E-state index contributed by atoms with van der Waals surface area (Å²) >= 11 is 0. The molecular weight excluding hydrogens is 542 g/mol. The molecule has 228 valence electrons. The van der Waals surface area contributed by atoms with Crippen molar-refractivity contribution in [2.75, 3.05) is 43.1 Å². The van der Waals surface area contributed by atoms with E-state index in [2.05, 4.69) is 4.74 Å². The molecule has 0 aliphatic heterocycles. The summed E-state index contributed by atoms with van der Waals surface area (Å²) in [6.07, 6.45) is -11.0. The van der Waals surface area contributed by atoms with Crippen molar-refractivity contribution in [1.29, 1.82) is 0 Å². The summed E-state index contributed by atoms with van der Waals surface area (Å²) in [6.45, 7) is -0.894. The molecule has 0 saturated carbocycles. The van der Waals surface area contributed by atoms with Gasteiger partial charge in [0.2, 0.25) is 6.86 Å². The highest BCUT2D eigenvalue weighted by Gasteiger charge is 2.25. The third-order valence-electron chi connectivity index (χ3n) is 2.70. The maximum Gasteiger partial charge on any atom is 0.559 e. The number of hydrogen-bond acceptors (Lipinski definition) is 6. The molecule has 0 heterocycles. The maximum atomic E-state index is 11.7. The lowest BCUT2D eigenvalue weighted by molar-refractivity contribution is -0.238.